The van der Waals surface area contributed by atoms with Crippen molar-refractivity contribution in [2.75, 3.05) is 7.11 Å². The molecule has 0 aliphatic heterocycles. The number of ketones is 1. The van der Waals surface area contributed by atoms with E-state index in [1.807, 2.05) is 30.3 Å². The molecule has 0 radical (unpaired) electrons. The molecule has 4 aromatic rings. The summed E-state index contributed by atoms with van der Waals surface area (Å²) in [5, 5.41) is 19.7. The maximum atomic E-state index is 13.4. The van der Waals surface area contributed by atoms with Crippen LogP contribution in [0.2, 0.25) is 0 Å². The molecule has 7 nitrogen and oxygen atoms in total. The number of carbonyl (C=O) groups is 2. The van der Waals surface area contributed by atoms with Crippen molar-refractivity contribution < 1.29 is 53.6 Å². The summed E-state index contributed by atoms with van der Waals surface area (Å²) in [6, 6.07) is 20.3. The molecule has 3 aromatic carbocycles. The van der Waals surface area contributed by atoms with Crippen LogP contribution in [0.5, 0.6) is 5.75 Å². The Kier molecular flexibility index (Phi) is 7.58. The zero-order valence-electron chi connectivity index (χ0n) is 17.6. The third kappa shape index (κ3) is 4.96. The van der Waals surface area contributed by atoms with Gasteiger partial charge in [-0.15, -0.1) is 0 Å². The molecule has 0 N–H and O–H groups in total. The monoisotopic (exact) mass is 436 g/mol. The van der Waals surface area contributed by atoms with Crippen LogP contribution in [0.1, 0.15) is 21.5 Å². The predicted octanol–water partition coefficient (Wildman–Crippen LogP) is -0.136. The molecule has 0 spiro atoms. The average molecular weight is 436 g/mol. The first-order chi connectivity index (χ1) is 15.1. The summed E-state index contributed by atoms with van der Waals surface area (Å²) in [6.45, 7) is 0. The van der Waals surface area contributed by atoms with Crippen LogP contribution in [0, 0.1) is 0 Å². The minimum Gasteiger partial charge on any atom is -0.545 e. The predicted molar refractivity (Wildman–Crippen MR) is 111 cm³/mol. The molecule has 0 saturated heterocycles. The number of hydrogen-bond donors (Lipinski definition) is 0. The second-order valence-electron chi connectivity index (χ2n) is 6.83. The number of hydrogen-bond acceptors (Lipinski definition) is 7. The minimum absolute atomic E-state index is 0. The Balaban J connectivity index is 0.00000289. The first-order valence-electron chi connectivity index (χ1n) is 9.46. The van der Waals surface area contributed by atoms with E-state index < -0.39 is 11.8 Å². The van der Waals surface area contributed by atoms with E-state index in [0.717, 1.165) is 5.56 Å². The normalized spacial score (nSPS) is 11.4. The topological polar surface area (TPSA) is 105 Å². The number of Topliss-reactive ketones (excluding diaryl/α,β-unsaturated/α-hetero) is 1. The minimum atomic E-state index is -1.46. The number of fused-ring (bicyclic) bond motifs is 1. The van der Waals surface area contributed by atoms with E-state index in [1.165, 1.54) is 13.2 Å². The Hall–Kier alpha value is -3.26. The number of allylic oxidation sites excluding steroid dienone is 1. The largest absolute Gasteiger partial charge is 1.00 e. The Morgan fingerprint density at radius 1 is 0.906 bits per heavy atom. The van der Waals surface area contributed by atoms with Crippen LogP contribution in [0.3, 0.4) is 0 Å². The second kappa shape index (κ2) is 10.4. The van der Waals surface area contributed by atoms with Crippen molar-refractivity contribution in [2.24, 2.45) is 0 Å². The quantitative estimate of drug-likeness (QED) is 0.226. The number of ether oxygens (including phenoxy) is 1. The molecule has 0 aliphatic carbocycles. The molecule has 0 saturated carbocycles. The molecule has 0 unspecified atom stereocenters. The molecule has 32 heavy (non-hydrogen) atoms. The summed E-state index contributed by atoms with van der Waals surface area (Å²) >= 11 is 0. The van der Waals surface area contributed by atoms with Gasteiger partial charge in [0.2, 0.25) is 0 Å². The summed E-state index contributed by atoms with van der Waals surface area (Å²) in [5.74, 6) is -1.28. The van der Waals surface area contributed by atoms with Gasteiger partial charge in [-0.05, 0) is 57.8 Å². The van der Waals surface area contributed by atoms with Crippen molar-refractivity contribution in [3.05, 3.63) is 95.1 Å². The maximum absolute atomic E-state index is 13.4. The van der Waals surface area contributed by atoms with Gasteiger partial charge in [0.1, 0.15) is 16.8 Å². The van der Waals surface area contributed by atoms with Crippen LogP contribution in [-0.2, 0) is 11.2 Å². The van der Waals surface area contributed by atoms with E-state index in [1.54, 1.807) is 36.4 Å². The third-order valence-corrected chi connectivity index (χ3v) is 4.90. The first kappa shape index (κ1) is 23.4. The van der Waals surface area contributed by atoms with Gasteiger partial charge in [-0.2, -0.15) is 0 Å². The van der Waals surface area contributed by atoms with E-state index >= 15 is 0 Å². The van der Waals surface area contributed by atoms with Crippen LogP contribution in [0.25, 0.3) is 16.6 Å². The fourth-order valence-electron chi connectivity index (χ4n) is 3.35. The zero-order valence-corrected chi connectivity index (χ0v) is 19.6. The molecule has 154 valence electrons. The molecular formula is C24H17N2NaO5. The van der Waals surface area contributed by atoms with Gasteiger partial charge in [-0.1, -0.05) is 36.4 Å². The number of rotatable bonds is 7. The van der Waals surface area contributed by atoms with Crippen molar-refractivity contribution in [3.63, 3.8) is 0 Å². The maximum Gasteiger partial charge on any atom is 1.00 e. The van der Waals surface area contributed by atoms with Gasteiger partial charge in [-0.25, -0.2) is 4.63 Å². The van der Waals surface area contributed by atoms with Crippen molar-refractivity contribution in [1.29, 1.82) is 0 Å². The molecule has 0 bridgehead atoms. The number of carboxylic acids is 1. The van der Waals surface area contributed by atoms with Gasteiger partial charge >= 0.3 is 29.6 Å². The molecular weight excluding hydrogens is 419 g/mol. The standard InChI is InChI=1S/C24H18N2O5.Na/c1-30-18-10-7-16(8-11-18)23(27)19(13-15-5-3-2-4-6-15)22(24(28)29)17-9-12-20-21(14-17)26-31-25-20;/h2-12,14H,13H2,1H3,(H,28,29);/q;+1/p-1/b22-19+;. The number of nitrogens with zero attached hydrogens (tertiary/aromatic N) is 2. The molecule has 0 atom stereocenters. The summed E-state index contributed by atoms with van der Waals surface area (Å²) in [4.78, 5) is 25.7. The summed E-state index contributed by atoms with van der Waals surface area (Å²) < 4.78 is 9.84. The third-order valence-electron chi connectivity index (χ3n) is 4.90. The van der Waals surface area contributed by atoms with E-state index in [-0.39, 0.29) is 52.7 Å². The Bertz CT molecular complexity index is 1280. The molecule has 1 heterocycles. The van der Waals surface area contributed by atoms with E-state index in [0.29, 0.717) is 22.3 Å². The average Bonchev–Trinajstić information content (AvgIpc) is 3.27. The van der Waals surface area contributed by atoms with E-state index in [9.17, 15) is 14.7 Å². The van der Waals surface area contributed by atoms with Crippen molar-refractivity contribution in [3.8, 4) is 5.75 Å². The number of carbonyl (C=O) groups excluding carboxylic acids is 2. The molecule has 0 fully saturated rings. The molecule has 4 rings (SSSR count). The fourth-order valence-corrected chi connectivity index (χ4v) is 3.35. The van der Waals surface area contributed by atoms with Crippen LogP contribution < -0.4 is 39.4 Å². The number of aromatic nitrogens is 2. The molecule has 0 amide bonds. The fraction of sp³-hybridized carbons (Fsp3) is 0.0833. The van der Waals surface area contributed by atoms with Crippen LogP contribution in [-0.4, -0.2) is 29.2 Å². The van der Waals surface area contributed by atoms with Gasteiger partial charge in [0, 0.05) is 23.1 Å². The SMILES string of the molecule is COc1ccc(C(=O)/C(Cc2ccccc2)=C(/C(=O)[O-])c2ccc3nonc3c2)cc1.[Na+]. The van der Waals surface area contributed by atoms with Crippen LogP contribution in [0.15, 0.2) is 83.0 Å². The van der Waals surface area contributed by atoms with E-state index in [4.69, 9.17) is 9.37 Å². The zero-order chi connectivity index (χ0) is 21.8. The smallest absolute Gasteiger partial charge is 0.545 e. The Morgan fingerprint density at radius 2 is 1.56 bits per heavy atom. The summed E-state index contributed by atoms with van der Waals surface area (Å²) in [6.07, 6.45) is 0.115. The number of benzene rings is 3. The van der Waals surface area contributed by atoms with E-state index in [2.05, 4.69) is 10.3 Å². The molecule has 1 aromatic heterocycles. The Labute approximate surface area is 206 Å². The Morgan fingerprint density at radius 3 is 2.22 bits per heavy atom. The van der Waals surface area contributed by atoms with Gasteiger partial charge in [0.15, 0.2) is 5.78 Å². The first-order valence-corrected chi connectivity index (χ1v) is 9.46. The van der Waals surface area contributed by atoms with Crippen LogP contribution in [0.4, 0.5) is 0 Å². The van der Waals surface area contributed by atoms with Gasteiger partial charge in [0.25, 0.3) is 0 Å². The van der Waals surface area contributed by atoms with Crippen molar-refractivity contribution in [2.45, 2.75) is 6.42 Å². The summed E-state index contributed by atoms with van der Waals surface area (Å²) in [7, 11) is 1.53. The second-order valence-corrected chi connectivity index (χ2v) is 6.83. The van der Waals surface area contributed by atoms with Gasteiger partial charge in [-0.3, -0.25) is 4.79 Å². The van der Waals surface area contributed by atoms with Gasteiger partial charge < -0.3 is 14.6 Å². The molecule has 0 aliphatic rings. The van der Waals surface area contributed by atoms with Gasteiger partial charge in [0.05, 0.1) is 13.1 Å². The molecule has 8 heteroatoms. The number of carboxylic acid groups (broad SMARTS) is 1. The number of methoxy groups -OCH3 is 1. The van der Waals surface area contributed by atoms with Crippen LogP contribution >= 0.6 is 0 Å². The number of aliphatic carboxylic acids is 1. The summed E-state index contributed by atoms with van der Waals surface area (Å²) in [5.41, 5.74) is 2.19. The van der Waals surface area contributed by atoms with Crippen molar-refractivity contribution in [1.82, 2.24) is 10.3 Å². The van der Waals surface area contributed by atoms with Crippen molar-refractivity contribution >= 4 is 28.4 Å².